The number of carbonyl (C=O) groups is 2. The molecule has 3 aromatic rings. The number of rotatable bonds is 11. The third-order valence-electron chi connectivity index (χ3n) is 4.97. The van der Waals surface area contributed by atoms with Crippen molar-refractivity contribution in [3.05, 3.63) is 69.0 Å². The van der Waals surface area contributed by atoms with Crippen LogP contribution in [-0.2, 0) is 30.8 Å². The highest BCUT2D eigenvalue weighted by molar-refractivity contribution is 9.10. The first-order chi connectivity index (χ1) is 18.2. The largest absolute Gasteiger partial charge is 0.510 e. The summed E-state index contributed by atoms with van der Waals surface area (Å²) in [5.74, 6) is -1.03. The highest BCUT2D eigenvalue weighted by Gasteiger charge is 2.55. The summed E-state index contributed by atoms with van der Waals surface area (Å²) in [6.45, 7) is 4.28. The van der Waals surface area contributed by atoms with Crippen LogP contribution in [0.3, 0.4) is 0 Å². The quantitative estimate of drug-likeness (QED) is 0.112. The van der Waals surface area contributed by atoms with Crippen LogP contribution in [0.4, 0.5) is 18.7 Å². The van der Waals surface area contributed by atoms with Crippen LogP contribution in [0.5, 0.6) is 0 Å². The van der Waals surface area contributed by atoms with E-state index in [0.29, 0.717) is 16.4 Å². The van der Waals surface area contributed by atoms with Gasteiger partial charge in [-0.05, 0) is 44.5 Å². The summed E-state index contributed by atoms with van der Waals surface area (Å²) < 4.78 is 56.2. The molecule has 2 aromatic carbocycles. The molecule has 3 rings (SSSR count). The Labute approximate surface area is 234 Å². The van der Waals surface area contributed by atoms with Crippen LogP contribution in [0, 0.1) is 0 Å². The van der Waals surface area contributed by atoms with Gasteiger partial charge in [-0.15, -0.1) is 11.3 Å². The fourth-order valence-corrected chi connectivity index (χ4v) is 5.78. The van der Waals surface area contributed by atoms with Gasteiger partial charge in [0.25, 0.3) is 0 Å². The third-order valence-corrected chi connectivity index (χ3v) is 7.96. The van der Waals surface area contributed by atoms with Gasteiger partial charge >= 0.3 is 25.4 Å². The van der Waals surface area contributed by atoms with E-state index in [9.17, 15) is 19.0 Å². The Morgan fingerprint density at radius 3 is 2.41 bits per heavy atom. The number of thiazole rings is 1. The molecule has 1 aromatic heterocycles. The zero-order chi connectivity index (χ0) is 29.0. The lowest BCUT2D eigenvalue weighted by Crippen LogP contribution is -2.24. The second-order valence-corrected chi connectivity index (χ2v) is 11.9. The van der Waals surface area contributed by atoms with Crippen molar-refractivity contribution in [2.45, 2.75) is 45.4 Å². The molecular weight excluding hydrogens is 625 g/mol. The molecule has 0 aliphatic heterocycles. The molecule has 0 radical (unpaired) electrons. The van der Waals surface area contributed by atoms with Gasteiger partial charge in [-0.1, -0.05) is 40.2 Å². The Hall–Kier alpha value is -2.90. The molecule has 15 heteroatoms. The SMILES string of the molecule is CC(C)OC(=O)OC(C)OP(=O)(O)C(F)(F)c1ccc(CNc2nc(-c3ccc(C(=O)O)cc3)cs2)cc1Br. The zero-order valence-corrected chi connectivity index (χ0v) is 24.1. The van der Waals surface area contributed by atoms with E-state index in [1.807, 2.05) is 0 Å². The molecule has 0 fully saturated rings. The molecular formula is C24H24BrF2N2O8PS. The number of halogens is 3. The minimum atomic E-state index is -5.66. The van der Waals surface area contributed by atoms with Gasteiger partial charge in [0.05, 0.1) is 17.4 Å². The van der Waals surface area contributed by atoms with Gasteiger partial charge in [-0.2, -0.15) is 8.78 Å². The molecule has 10 nitrogen and oxygen atoms in total. The van der Waals surface area contributed by atoms with E-state index in [1.165, 1.54) is 49.4 Å². The van der Waals surface area contributed by atoms with Gasteiger partial charge < -0.3 is 24.8 Å². The number of benzene rings is 2. The van der Waals surface area contributed by atoms with Crippen molar-refractivity contribution in [1.29, 1.82) is 0 Å². The van der Waals surface area contributed by atoms with E-state index in [1.54, 1.807) is 17.5 Å². The van der Waals surface area contributed by atoms with Crippen molar-refractivity contribution in [3.8, 4) is 11.3 Å². The summed E-state index contributed by atoms with van der Waals surface area (Å²) in [4.78, 5) is 37.0. The number of carboxylic acid groups (broad SMARTS) is 1. The van der Waals surface area contributed by atoms with E-state index in [-0.39, 0.29) is 16.6 Å². The number of anilines is 1. The van der Waals surface area contributed by atoms with Crippen molar-refractivity contribution in [2.75, 3.05) is 5.32 Å². The highest BCUT2D eigenvalue weighted by Crippen LogP contribution is 2.64. The van der Waals surface area contributed by atoms with Gasteiger partial charge in [-0.25, -0.2) is 14.6 Å². The Morgan fingerprint density at radius 2 is 1.82 bits per heavy atom. The van der Waals surface area contributed by atoms with Crippen LogP contribution in [-0.4, -0.2) is 39.5 Å². The average Bonchev–Trinajstić information content (AvgIpc) is 3.30. The summed E-state index contributed by atoms with van der Waals surface area (Å²) in [5, 5.41) is 14.4. The lowest BCUT2D eigenvalue weighted by Gasteiger charge is -2.25. The normalized spacial score (nSPS) is 13.9. The molecule has 0 saturated carbocycles. The maximum absolute atomic E-state index is 15.0. The van der Waals surface area contributed by atoms with Crippen molar-refractivity contribution in [3.63, 3.8) is 0 Å². The molecule has 0 aliphatic carbocycles. The summed E-state index contributed by atoms with van der Waals surface area (Å²) >= 11 is 4.33. The van der Waals surface area contributed by atoms with Crippen molar-refractivity contribution in [1.82, 2.24) is 4.98 Å². The van der Waals surface area contributed by atoms with Crippen LogP contribution >= 0.6 is 34.9 Å². The summed E-state index contributed by atoms with van der Waals surface area (Å²) in [5.41, 5.74) is -3.06. The second-order valence-electron chi connectivity index (χ2n) is 8.36. The van der Waals surface area contributed by atoms with Crippen molar-refractivity contribution >= 4 is 52.1 Å². The van der Waals surface area contributed by atoms with Crippen LogP contribution < -0.4 is 5.32 Å². The van der Waals surface area contributed by atoms with E-state index >= 15 is 8.78 Å². The van der Waals surface area contributed by atoms with Gasteiger partial charge in [0.2, 0.25) is 6.29 Å². The second kappa shape index (κ2) is 12.5. The molecule has 0 bridgehead atoms. The highest BCUT2D eigenvalue weighted by atomic mass is 79.9. The maximum Gasteiger partial charge on any atom is 0.510 e. The molecule has 210 valence electrons. The van der Waals surface area contributed by atoms with Crippen molar-refractivity contribution < 1.29 is 46.9 Å². The predicted molar refractivity (Wildman–Crippen MR) is 143 cm³/mol. The molecule has 0 amide bonds. The molecule has 0 spiro atoms. The maximum atomic E-state index is 15.0. The monoisotopic (exact) mass is 648 g/mol. The first-order valence-corrected chi connectivity index (χ1v) is 14.5. The average molecular weight is 649 g/mol. The topological polar surface area (TPSA) is 144 Å². The number of hydrogen-bond donors (Lipinski definition) is 3. The Kier molecular flexibility index (Phi) is 9.83. The Bertz CT molecular complexity index is 1390. The van der Waals surface area contributed by atoms with Gasteiger partial charge in [0.15, 0.2) is 5.13 Å². The van der Waals surface area contributed by atoms with Gasteiger partial charge in [-0.3, -0.25) is 9.09 Å². The van der Waals surface area contributed by atoms with Crippen LogP contribution in [0.25, 0.3) is 11.3 Å². The molecule has 39 heavy (non-hydrogen) atoms. The predicted octanol–water partition coefficient (Wildman–Crippen LogP) is 7.04. The van der Waals surface area contributed by atoms with E-state index in [2.05, 4.69) is 35.5 Å². The number of hydrogen-bond acceptors (Lipinski definition) is 9. The standard InChI is InChI=1S/C24H24BrF2N2O8PS/c1-13(2)35-23(32)36-14(3)37-38(33,34)24(26,27)18-9-4-15(10-19(18)25)11-28-22-29-20(12-39-22)16-5-7-17(8-6-16)21(30)31/h4-10,12-14H,11H2,1-3H3,(H,28,29)(H,30,31)(H,33,34). The number of nitrogens with one attached hydrogen (secondary N) is 1. The molecule has 2 unspecified atom stereocenters. The van der Waals surface area contributed by atoms with E-state index in [0.717, 1.165) is 18.6 Å². The minimum Gasteiger partial charge on any atom is -0.478 e. The van der Waals surface area contributed by atoms with Gasteiger partial charge in [0, 0.05) is 27.5 Å². The zero-order valence-electron chi connectivity index (χ0n) is 20.8. The first kappa shape index (κ1) is 30.6. The lowest BCUT2D eigenvalue weighted by atomic mass is 10.1. The fraction of sp³-hybridized carbons (Fsp3) is 0.292. The molecule has 0 aliphatic rings. The van der Waals surface area contributed by atoms with Crippen LogP contribution in [0.2, 0.25) is 0 Å². The first-order valence-electron chi connectivity index (χ1n) is 11.3. The number of aromatic carboxylic acids is 1. The van der Waals surface area contributed by atoms with Gasteiger partial charge in [0.1, 0.15) is 0 Å². The third kappa shape index (κ3) is 7.83. The number of alkyl halides is 2. The smallest absolute Gasteiger partial charge is 0.478 e. The Balaban J connectivity index is 1.65. The molecule has 1 heterocycles. The number of aromatic nitrogens is 1. The summed E-state index contributed by atoms with van der Waals surface area (Å²) in [7, 11) is -5.66. The fourth-order valence-electron chi connectivity index (χ4n) is 3.16. The Morgan fingerprint density at radius 1 is 1.15 bits per heavy atom. The number of carbonyl (C=O) groups excluding carboxylic acids is 1. The van der Waals surface area contributed by atoms with Crippen molar-refractivity contribution in [2.24, 2.45) is 0 Å². The molecule has 3 N–H and O–H groups in total. The summed E-state index contributed by atoms with van der Waals surface area (Å²) in [6, 6.07) is 9.93. The molecule has 0 saturated heterocycles. The summed E-state index contributed by atoms with van der Waals surface area (Å²) in [6.07, 6.45) is -3.56. The van der Waals surface area contributed by atoms with E-state index < -0.39 is 43.3 Å². The number of nitrogens with zero attached hydrogens (tertiary/aromatic N) is 1. The minimum absolute atomic E-state index is 0.143. The lowest BCUT2D eigenvalue weighted by molar-refractivity contribution is -0.0766. The van der Waals surface area contributed by atoms with Crippen LogP contribution in [0.1, 0.15) is 42.3 Å². The number of carboxylic acids is 1. The van der Waals surface area contributed by atoms with Crippen LogP contribution in [0.15, 0.2) is 52.3 Å². The number of ether oxygens (including phenoxy) is 2. The molecule has 2 atom stereocenters. The van der Waals surface area contributed by atoms with E-state index in [4.69, 9.17) is 9.84 Å².